The number of benzene rings is 2. The minimum Gasteiger partial charge on any atom is -0.494 e. The van der Waals surface area contributed by atoms with Crippen molar-refractivity contribution in [2.75, 3.05) is 6.61 Å². The number of halogens is 2. The summed E-state index contributed by atoms with van der Waals surface area (Å²) in [6.45, 7) is 5.43. The van der Waals surface area contributed by atoms with Crippen LogP contribution in [0.1, 0.15) is 31.0 Å². The van der Waals surface area contributed by atoms with Gasteiger partial charge in [-0.25, -0.2) is 4.39 Å². The van der Waals surface area contributed by atoms with Crippen molar-refractivity contribution in [2.45, 2.75) is 26.4 Å². The molecular weight excluding hydrogens is 333 g/mol. The van der Waals surface area contributed by atoms with E-state index in [0.717, 1.165) is 23.4 Å². The Bertz CT molecular complexity index is 603. The first-order valence-corrected chi connectivity index (χ1v) is 7.79. The predicted molar refractivity (Wildman–Crippen MR) is 87.0 cm³/mol. The molecule has 0 aliphatic rings. The lowest BCUT2D eigenvalue weighted by atomic mass is 10.1. The summed E-state index contributed by atoms with van der Waals surface area (Å²) in [5.74, 6) is 0.643. The quantitative estimate of drug-likeness (QED) is 0.803. The topological polar surface area (TPSA) is 21.3 Å². The molecule has 0 fully saturated rings. The van der Waals surface area contributed by atoms with E-state index in [4.69, 9.17) is 4.74 Å². The smallest absolute Gasteiger partial charge is 0.137 e. The van der Waals surface area contributed by atoms with Crippen LogP contribution in [0.5, 0.6) is 5.75 Å². The Labute approximate surface area is 133 Å². The van der Waals surface area contributed by atoms with Crippen LogP contribution >= 0.6 is 15.9 Å². The maximum Gasteiger partial charge on any atom is 0.137 e. The van der Waals surface area contributed by atoms with Crippen LogP contribution in [0.4, 0.5) is 4.39 Å². The van der Waals surface area contributed by atoms with Gasteiger partial charge in [0.1, 0.15) is 11.6 Å². The second-order valence-electron chi connectivity index (χ2n) is 4.86. The van der Waals surface area contributed by atoms with Crippen LogP contribution in [-0.4, -0.2) is 6.61 Å². The van der Waals surface area contributed by atoms with Crippen molar-refractivity contribution in [3.8, 4) is 5.75 Å². The second-order valence-corrected chi connectivity index (χ2v) is 5.71. The molecule has 2 nitrogen and oxygen atoms in total. The fourth-order valence-electron chi connectivity index (χ4n) is 2.08. The lowest BCUT2D eigenvalue weighted by molar-refractivity contribution is 0.339. The molecule has 0 amide bonds. The molecule has 21 heavy (non-hydrogen) atoms. The van der Waals surface area contributed by atoms with Gasteiger partial charge in [-0.1, -0.05) is 18.2 Å². The summed E-state index contributed by atoms with van der Waals surface area (Å²) in [5, 5.41) is 3.43. The summed E-state index contributed by atoms with van der Waals surface area (Å²) in [4.78, 5) is 0. The highest BCUT2D eigenvalue weighted by molar-refractivity contribution is 9.10. The van der Waals surface area contributed by atoms with Gasteiger partial charge in [-0.3, -0.25) is 0 Å². The molecule has 2 aromatic rings. The average Bonchev–Trinajstić information content (AvgIpc) is 2.48. The largest absolute Gasteiger partial charge is 0.494 e. The molecule has 0 radical (unpaired) electrons. The maximum atomic E-state index is 13.2. The highest BCUT2D eigenvalue weighted by Crippen LogP contribution is 2.22. The number of rotatable bonds is 6. The first-order valence-electron chi connectivity index (χ1n) is 7.00. The molecule has 0 aliphatic carbocycles. The summed E-state index contributed by atoms with van der Waals surface area (Å²) in [7, 11) is 0. The van der Waals surface area contributed by atoms with Crippen molar-refractivity contribution in [1.29, 1.82) is 0 Å². The summed E-state index contributed by atoms with van der Waals surface area (Å²) >= 11 is 3.22. The minimum absolute atomic E-state index is 0.137. The van der Waals surface area contributed by atoms with Crippen LogP contribution < -0.4 is 10.1 Å². The molecule has 0 bridgehead atoms. The van der Waals surface area contributed by atoms with E-state index in [1.54, 1.807) is 6.07 Å². The second kappa shape index (κ2) is 7.57. The Kier molecular flexibility index (Phi) is 5.76. The minimum atomic E-state index is -0.240. The first kappa shape index (κ1) is 16.0. The van der Waals surface area contributed by atoms with Crippen molar-refractivity contribution >= 4 is 15.9 Å². The van der Waals surface area contributed by atoms with Crippen LogP contribution in [0.2, 0.25) is 0 Å². The number of hydrogen-bond donors (Lipinski definition) is 1. The standard InChI is InChI=1S/C17H19BrFNO/c1-3-21-15-6-4-5-13(9-15)11-20-12(2)14-7-8-17(19)16(18)10-14/h4-10,12,20H,3,11H2,1-2H3. The van der Waals surface area contributed by atoms with E-state index in [9.17, 15) is 4.39 Å². The summed E-state index contributed by atoms with van der Waals surface area (Å²) < 4.78 is 19.2. The van der Waals surface area contributed by atoms with Crippen molar-refractivity contribution in [1.82, 2.24) is 5.32 Å². The SMILES string of the molecule is CCOc1cccc(CNC(C)c2ccc(F)c(Br)c2)c1. The van der Waals surface area contributed by atoms with Crippen molar-refractivity contribution in [2.24, 2.45) is 0 Å². The van der Waals surface area contributed by atoms with E-state index in [-0.39, 0.29) is 11.9 Å². The van der Waals surface area contributed by atoms with Gasteiger partial charge in [0, 0.05) is 12.6 Å². The zero-order valence-electron chi connectivity index (χ0n) is 12.2. The lowest BCUT2D eigenvalue weighted by Gasteiger charge is -2.15. The van der Waals surface area contributed by atoms with Gasteiger partial charge in [0.15, 0.2) is 0 Å². The van der Waals surface area contributed by atoms with E-state index in [1.807, 2.05) is 31.2 Å². The van der Waals surface area contributed by atoms with Gasteiger partial charge in [-0.2, -0.15) is 0 Å². The van der Waals surface area contributed by atoms with Crippen LogP contribution in [-0.2, 0) is 6.54 Å². The van der Waals surface area contributed by atoms with E-state index in [1.165, 1.54) is 6.07 Å². The van der Waals surface area contributed by atoms with Crippen LogP contribution in [0, 0.1) is 5.82 Å². The molecule has 0 saturated heterocycles. The molecule has 0 aromatic heterocycles. The molecule has 2 rings (SSSR count). The lowest BCUT2D eigenvalue weighted by Crippen LogP contribution is -2.18. The first-order chi connectivity index (χ1) is 10.1. The summed E-state index contributed by atoms with van der Waals surface area (Å²) in [6, 6.07) is 13.3. The summed E-state index contributed by atoms with van der Waals surface area (Å²) in [5.41, 5.74) is 2.21. The van der Waals surface area contributed by atoms with Crippen molar-refractivity contribution in [3.05, 3.63) is 63.9 Å². The van der Waals surface area contributed by atoms with Gasteiger partial charge in [-0.15, -0.1) is 0 Å². The van der Waals surface area contributed by atoms with E-state index >= 15 is 0 Å². The van der Waals surface area contributed by atoms with E-state index < -0.39 is 0 Å². The van der Waals surface area contributed by atoms with Gasteiger partial charge in [0.05, 0.1) is 11.1 Å². The molecule has 2 aromatic carbocycles. The van der Waals surface area contributed by atoms with Crippen molar-refractivity contribution < 1.29 is 9.13 Å². The number of ether oxygens (including phenoxy) is 1. The predicted octanol–water partition coefficient (Wildman–Crippen LogP) is 4.84. The zero-order valence-corrected chi connectivity index (χ0v) is 13.8. The van der Waals surface area contributed by atoms with Gasteiger partial charge < -0.3 is 10.1 Å². The monoisotopic (exact) mass is 351 g/mol. The molecule has 4 heteroatoms. The van der Waals surface area contributed by atoms with Crippen LogP contribution in [0.3, 0.4) is 0 Å². The Morgan fingerprint density at radius 2 is 2.05 bits per heavy atom. The average molecular weight is 352 g/mol. The summed E-state index contributed by atoms with van der Waals surface area (Å²) in [6.07, 6.45) is 0. The maximum absolute atomic E-state index is 13.2. The van der Waals surface area contributed by atoms with Crippen LogP contribution in [0.25, 0.3) is 0 Å². The van der Waals surface area contributed by atoms with Crippen LogP contribution in [0.15, 0.2) is 46.9 Å². The molecule has 1 unspecified atom stereocenters. The fraction of sp³-hybridized carbons (Fsp3) is 0.294. The molecule has 1 atom stereocenters. The fourth-order valence-corrected chi connectivity index (χ4v) is 2.48. The zero-order chi connectivity index (χ0) is 15.2. The van der Waals surface area contributed by atoms with Gasteiger partial charge in [0.2, 0.25) is 0 Å². The molecule has 0 heterocycles. The number of hydrogen-bond acceptors (Lipinski definition) is 2. The molecule has 0 spiro atoms. The Balaban J connectivity index is 1.98. The van der Waals surface area contributed by atoms with E-state index in [2.05, 4.69) is 34.2 Å². The highest BCUT2D eigenvalue weighted by atomic mass is 79.9. The Hall–Kier alpha value is -1.39. The van der Waals surface area contributed by atoms with E-state index in [0.29, 0.717) is 11.1 Å². The Morgan fingerprint density at radius 3 is 2.76 bits per heavy atom. The molecule has 0 saturated carbocycles. The van der Waals surface area contributed by atoms with Gasteiger partial charge >= 0.3 is 0 Å². The van der Waals surface area contributed by atoms with Gasteiger partial charge in [0.25, 0.3) is 0 Å². The number of nitrogens with one attached hydrogen (secondary N) is 1. The molecular formula is C17H19BrFNO. The molecule has 112 valence electrons. The normalized spacial score (nSPS) is 12.2. The Morgan fingerprint density at radius 1 is 1.24 bits per heavy atom. The third kappa shape index (κ3) is 4.55. The molecule has 1 N–H and O–H groups in total. The van der Waals surface area contributed by atoms with Crippen molar-refractivity contribution in [3.63, 3.8) is 0 Å². The third-order valence-corrected chi connectivity index (χ3v) is 3.87. The molecule has 0 aliphatic heterocycles. The third-order valence-electron chi connectivity index (χ3n) is 3.27. The highest BCUT2D eigenvalue weighted by Gasteiger charge is 2.08. The van der Waals surface area contributed by atoms with Gasteiger partial charge in [-0.05, 0) is 65.2 Å².